The van der Waals surface area contributed by atoms with E-state index < -0.39 is 10.0 Å². The number of methoxy groups -OCH3 is 1. The van der Waals surface area contributed by atoms with E-state index in [4.69, 9.17) is 4.74 Å². The third kappa shape index (κ3) is 5.57. The van der Waals surface area contributed by atoms with Crippen LogP contribution in [0.1, 0.15) is 24.0 Å². The first kappa shape index (κ1) is 25.0. The van der Waals surface area contributed by atoms with E-state index in [-0.39, 0.29) is 4.90 Å². The van der Waals surface area contributed by atoms with Gasteiger partial charge in [0.25, 0.3) is 10.0 Å². The Bertz CT molecular complexity index is 1470. The minimum absolute atomic E-state index is 0.205. The molecular formula is C25H29N7O3S. The summed E-state index contributed by atoms with van der Waals surface area (Å²) in [6, 6.07) is 16.3. The van der Waals surface area contributed by atoms with Crippen LogP contribution < -0.4 is 20.1 Å². The first-order valence-corrected chi connectivity index (χ1v) is 12.9. The van der Waals surface area contributed by atoms with Gasteiger partial charge in [0.05, 0.1) is 18.5 Å². The molecule has 0 spiro atoms. The predicted octanol–water partition coefficient (Wildman–Crippen LogP) is 4.91. The third-order valence-corrected chi connectivity index (χ3v) is 7.13. The molecule has 0 aliphatic rings. The normalized spacial score (nSPS) is 11.2. The quantitative estimate of drug-likeness (QED) is 0.292. The Morgan fingerprint density at radius 1 is 0.889 bits per heavy atom. The van der Waals surface area contributed by atoms with Crippen LogP contribution in [-0.2, 0) is 16.6 Å². The molecule has 0 saturated carbocycles. The van der Waals surface area contributed by atoms with Crippen LogP contribution in [0, 0.1) is 20.8 Å². The van der Waals surface area contributed by atoms with Gasteiger partial charge in [-0.2, -0.15) is 10.1 Å². The molecule has 0 aliphatic carbocycles. The summed E-state index contributed by atoms with van der Waals surface area (Å²) in [5.74, 6) is 1.82. The Hall–Kier alpha value is -4.12. The second-order valence-corrected chi connectivity index (χ2v) is 9.81. The van der Waals surface area contributed by atoms with Crippen molar-refractivity contribution in [2.45, 2.75) is 39.1 Å². The Morgan fingerprint density at radius 3 is 2.11 bits per heavy atom. The van der Waals surface area contributed by atoms with Crippen molar-refractivity contribution < 1.29 is 13.2 Å². The average molecular weight is 508 g/mol. The number of aryl methyl sites for hydroxylation is 3. The van der Waals surface area contributed by atoms with Crippen LogP contribution in [0.25, 0.3) is 0 Å². The van der Waals surface area contributed by atoms with Crippen molar-refractivity contribution >= 4 is 38.9 Å². The topological polar surface area (TPSA) is 123 Å². The van der Waals surface area contributed by atoms with Gasteiger partial charge in [0.15, 0.2) is 0 Å². The number of nitrogens with zero attached hydrogens (tertiary/aromatic N) is 4. The molecule has 0 amide bonds. The number of anilines is 5. The highest BCUT2D eigenvalue weighted by molar-refractivity contribution is 7.92. The second kappa shape index (κ2) is 10.2. The summed E-state index contributed by atoms with van der Waals surface area (Å²) >= 11 is 0. The first-order valence-electron chi connectivity index (χ1n) is 11.4. The van der Waals surface area contributed by atoms with Crippen molar-refractivity contribution in [1.82, 2.24) is 19.7 Å². The van der Waals surface area contributed by atoms with E-state index in [1.165, 1.54) is 0 Å². The molecule has 2 heterocycles. The van der Waals surface area contributed by atoms with Gasteiger partial charge in [-0.15, -0.1) is 0 Å². The molecule has 0 fully saturated rings. The fourth-order valence-corrected chi connectivity index (χ4v) is 5.32. The Kier molecular flexibility index (Phi) is 7.11. The van der Waals surface area contributed by atoms with E-state index >= 15 is 0 Å². The van der Waals surface area contributed by atoms with Gasteiger partial charge in [-0.05, 0) is 76.2 Å². The van der Waals surface area contributed by atoms with Crippen LogP contribution in [0.15, 0.2) is 59.5 Å². The molecule has 188 valence electrons. The molecule has 0 aliphatic heterocycles. The fraction of sp³-hybridized carbons (Fsp3) is 0.240. The molecule has 0 saturated heterocycles. The number of sulfonamides is 1. The molecule has 10 nitrogen and oxygen atoms in total. The van der Waals surface area contributed by atoms with Crippen LogP contribution in [0.3, 0.4) is 0 Å². The first-order chi connectivity index (χ1) is 17.2. The van der Waals surface area contributed by atoms with Crippen molar-refractivity contribution in [2.75, 3.05) is 22.5 Å². The van der Waals surface area contributed by atoms with E-state index in [0.29, 0.717) is 41.1 Å². The van der Waals surface area contributed by atoms with Gasteiger partial charge in [-0.1, -0.05) is 0 Å². The number of rotatable bonds is 9. The molecule has 4 rings (SSSR count). The highest BCUT2D eigenvalue weighted by atomic mass is 32.2. The van der Waals surface area contributed by atoms with Gasteiger partial charge < -0.3 is 15.4 Å². The third-order valence-electron chi connectivity index (χ3n) is 5.49. The number of hydrogen-bond donors (Lipinski definition) is 3. The zero-order valence-electron chi connectivity index (χ0n) is 20.8. The minimum Gasteiger partial charge on any atom is -0.497 e. The maximum atomic E-state index is 13.0. The lowest BCUT2D eigenvalue weighted by molar-refractivity contribution is 0.415. The van der Waals surface area contributed by atoms with Crippen LogP contribution in [0.5, 0.6) is 5.75 Å². The number of nitrogens with one attached hydrogen (secondary N) is 3. The highest BCUT2D eigenvalue weighted by Crippen LogP contribution is 2.25. The Morgan fingerprint density at radius 2 is 1.50 bits per heavy atom. The van der Waals surface area contributed by atoms with Crippen molar-refractivity contribution in [3.05, 3.63) is 71.7 Å². The highest BCUT2D eigenvalue weighted by Gasteiger charge is 2.24. The SMILES string of the molecule is CCn1nc(C)c(S(=O)(=O)Nc2ccc(Nc3nc(C)cc(Nc4ccc(OC)cc4)n3)cc2)c1C. The summed E-state index contributed by atoms with van der Waals surface area (Å²) in [6.45, 7) is 7.85. The maximum Gasteiger partial charge on any atom is 0.265 e. The summed E-state index contributed by atoms with van der Waals surface area (Å²) in [4.78, 5) is 9.18. The standard InChI is InChI=1S/C25H29N7O3S/c1-6-32-18(4)24(17(3)30-32)36(33,34)31-21-9-7-20(8-10-21)28-25-26-16(2)15-23(29-25)27-19-11-13-22(35-5)14-12-19/h7-15,31H,6H2,1-5H3,(H2,26,27,28,29). The monoisotopic (exact) mass is 507 g/mol. The van der Waals surface area contributed by atoms with Gasteiger partial charge in [0.1, 0.15) is 16.5 Å². The van der Waals surface area contributed by atoms with Crippen molar-refractivity contribution in [3.8, 4) is 5.75 Å². The van der Waals surface area contributed by atoms with Crippen molar-refractivity contribution in [2.24, 2.45) is 0 Å². The zero-order valence-corrected chi connectivity index (χ0v) is 21.6. The van der Waals surface area contributed by atoms with Crippen LogP contribution in [0.2, 0.25) is 0 Å². The summed E-state index contributed by atoms with van der Waals surface area (Å²) < 4.78 is 35.5. The number of benzene rings is 2. The van der Waals surface area contributed by atoms with Gasteiger partial charge in [0, 0.05) is 35.4 Å². The van der Waals surface area contributed by atoms with E-state index in [1.807, 2.05) is 44.2 Å². The molecule has 0 unspecified atom stereocenters. The van der Waals surface area contributed by atoms with Gasteiger partial charge in [-0.3, -0.25) is 9.40 Å². The number of aromatic nitrogens is 4. The summed E-state index contributed by atoms with van der Waals surface area (Å²) in [6.07, 6.45) is 0. The van der Waals surface area contributed by atoms with Gasteiger partial charge in [-0.25, -0.2) is 13.4 Å². The molecule has 0 bridgehead atoms. The van der Waals surface area contributed by atoms with Gasteiger partial charge in [0.2, 0.25) is 5.95 Å². The molecule has 0 atom stereocenters. The van der Waals surface area contributed by atoms with E-state index in [1.54, 1.807) is 49.9 Å². The largest absolute Gasteiger partial charge is 0.497 e. The molecule has 36 heavy (non-hydrogen) atoms. The predicted molar refractivity (Wildman–Crippen MR) is 141 cm³/mol. The van der Waals surface area contributed by atoms with Crippen molar-refractivity contribution in [1.29, 1.82) is 0 Å². The second-order valence-electron chi connectivity index (χ2n) is 8.20. The molecule has 4 aromatic rings. The minimum atomic E-state index is -3.78. The smallest absolute Gasteiger partial charge is 0.265 e. The van der Waals surface area contributed by atoms with Crippen LogP contribution in [0.4, 0.5) is 28.8 Å². The summed E-state index contributed by atoms with van der Waals surface area (Å²) in [5, 5.41) is 10.7. The van der Waals surface area contributed by atoms with Crippen LogP contribution in [-0.4, -0.2) is 35.3 Å². The van der Waals surface area contributed by atoms with E-state index in [0.717, 1.165) is 17.1 Å². The molecule has 3 N–H and O–H groups in total. The Balaban J connectivity index is 1.47. The molecule has 2 aromatic carbocycles. The summed E-state index contributed by atoms with van der Waals surface area (Å²) in [5.41, 5.74) is 3.88. The fourth-order valence-electron chi connectivity index (χ4n) is 3.84. The number of hydrogen-bond acceptors (Lipinski definition) is 8. The molecule has 2 aromatic heterocycles. The van der Waals surface area contributed by atoms with Crippen molar-refractivity contribution in [3.63, 3.8) is 0 Å². The van der Waals surface area contributed by atoms with E-state index in [9.17, 15) is 8.42 Å². The van der Waals surface area contributed by atoms with Crippen LogP contribution >= 0.6 is 0 Å². The summed E-state index contributed by atoms with van der Waals surface area (Å²) in [7, 11) is -2.15. The van der Waals surface area contributed by atoms with E-state index in [2.05, 4.69) is 30.4 Å². The number of ether oxygens (including phenoxy) is 1. The Labute approximate surface area is 210 Å². The lowest BCUT2D eigenvalue weighted by atomic mass is 10.3. The lowest BCUT2D eigenvalue weighted by Gasteiger charge is -2.12. The molecular weight excluding hydrogens is 478 g/mol. The maximum absolute atomic E-state index is 13.0. The average Bonchev–Trinajstić information content (AvgIpc) is 3.14. The van der Waals surface area contributed by atoms with Gasteiger partial charge >= 0.3 is 0 Å². The molecule has 0 radical (unpaired) electrons. The zero-order chi connectivity index (χ0) is 25.9. The lowest BCUT2D eigenvalue weighted by Crippen LogP contribution is -2.15. The molecule has 11 heteroatoms.